The first-order valence-corrected chi connectivity index (χ1v) is 7.05. The van der Waals surface area contributed by atoms with Crippen LogP contribution < -0.4 is 11.1 Å². The first-order chi connectivity index (χ1) is 9.89. The minimum Gasteiger partial charge on any atom is -0.462 e. The van der Waals surface area contributed by atoms with Gasteiger partial charge in [0, 0.05) is 20.3 Å². The smallest absolute Gasteiger partial charge is 0.341 e. The Morgan fingerprint density at radius 2 is 2.19 bits per heavy atom. The highest BCUT2D eigenvalue weighted by molar-refractivity contribution is 5.95. The third-order valence-corrected chi connectivity index (χ3v) is 3.12. The molecule has 0 aliphatic heterocycles. The molecule has 21 heavy (non-hydrogen) atoms. The molecule has 1 rings (SSSR count). The van der Waals surface area contributed by atoms with Crippen LogP contribution in [0.5, 0.6) is 0 Å². The zero-order chi connectivity index (χ0) is 15.9. The highest BCUT2D eigenvalue weighted by atomic mass is 16.5. The van der Waals surface area contributed by atoms with Crippen LogP contribution in [0.15, 0.2) is 12.3 Å². The number of pyridine rings is 1. The van der Waals surface area contributed by atoms with Crippen molar-refractivity contribution in [2.75, 3.05) is 37.9 Å². The summed E-state index contributed by atoms with van der Waals surface area (Å²) in [6.07, 6.45) is 2.42. The summed E-state index contributed by atoms with van der Waals surface area (Å²) < 4.78 is 10.1. The van der Waals surface area contributed by atoms with Crippen LogP contribution >= 0.6 is 0 Å². The molecule has 0 bridgehead atoms. The van der Waals surface area contributed by atoms with E-state index in [-0.39, 0.29) is 5.41 Å². The lowest BCUT2D eigenvalue weighted by molar-refractivity contribution is 0.0527. The Bertz CT molecular complexity index is 475. The third kappa shape index (κ3) is 5.59. The molecule has 0 aliphatic carbocycles. The fourth-order valence-corrected chi connectivity index (χ4v) is 1.78. The summed E-state index contributed by atoms with van der Waals surface area (Å²) in [4.78, 5) is 16.1. The van der Waals surface area contributed by atoms with Crippen molar-refractivity contribution in [2.24, 2.45) is 5.41 Å². The molecule has 0 aromatic carbocycles. The summed E-state index contributed by atoms with van der Waals surface area (Å²) in [5, 5.41) is 3.21. The van der Waals surface area contributed by atoms with Gasteiger partial charge in [-0.15, -0.1) is 0 Å². The Kier molecular flexibility index (Phi) is 6.42. The maximum Gasteiger partial charge on any atom is 0.341 e. The van der Waals surface area contributed by atoms with Crippen LogP contribution in [0.2, 0.25) is 0 Å². The van der Waals surface area contributed by atoms with Crippen molar-refractivity contribution in [3.63, 3.8) is 0 Å². The van der Waals surface area contributed by atoms with E-state index in [4.69, 9.17) is 15.2 Å². The van der Waals surface area contributed by atoms with Gasteiger partial charge in [0.25, 0.3) is 0 Å². The number of nitrogens with one attached hydrogen (secondary N) is 1. The maximum atomic E-state index is 11.9. The summed E-state index contributed by atoms with van der Waals surface area (Å²) in [6, 6.07) is 1.58. The lowest BCUT2D eigenvalue weighted by atomic mass is 9.89. The molecule has 1 aromatic rings. The molecule has 6 heteroatoms. The summed E-state index contributed by atoms with van der Waals surface area (Å²) in [5.41, 5.74) is 6.51. The van der Waals surface area contributed by atoms with Crippen LogP contribution in [0.4, 0.5) is 11.5 Å². The fraction of sp³-hybridized carbons (Fsp3) is 0.600. The molecule has 0 unspecified atom stereocenters. The molecule has 0 saturated carbocycles. The first-order valence-electron chi connectivity index (χ1n) is 7.05. The van der Waals surface area contributed by atoms with Gasteiger partial charge in [-0.1, -0.05) is 13.8 Å². The number of hydrogen-bond acceptors (Lipinski definition) is 6. The number of aromatic nitrogens is 1. The maximum absolute atomic E-state index is 11.9. The van der Waals surface area contributed by atoms with Crippen molar-refractivity contribution in [1.82, 2.24) is 4.98 Å². The van der Waals surface area contributed by atoms with Crippen LogP contribution in [0.1, 0.15) is 37.6 Å². The topological polar surface area (TPSA) is 86.5 Å². The normalized spacial score (nSPS) is 11.2. The number of ether oxygens (including phenoxy) is 2. The van der Waals surface area contributed by atoms with E-state index in [1.807, 2.05) is 0 Å². The number of nitrogen functional groups attached to an aromatic ring is 1. The highest BCUT2D eigenvalue weighted by Gasteiger charge is 2.20. The van der Waals surface area contributed by atoms with Gasteiger partial charge < -0.3 is 20.5 Å². The summed E-state index contributed by atoms with van der Waals surface area (Å²) in [6.45, 7) is 7.68. The third-order valence-electron chi connectivity index (χ3n) is 3.12. The van der Waals surface area contributed by atoms with Gasteiger partial charge in [-0.2, -0.15) is 0 Å². The molecule has 0 radical (unpaired) electrons. The Hall–Kier alpha value is -1.82. The van der Waals surface area contributed by atoms with Crippen molar-refractivity contribution in [2.45, 2.75) is 27.2 Å². The van der Waals surface area contributed by atoms with Crippen molar-refractivity contribution < 1.29 is 14.3 Å². The quantitative estimate of drug-likeness (QED) is 0.716. The second-order valence-corrected chi connectivity index (χ2v) is 5.65. The highest BCUT2D eigenvalue weighted by Crippen LogP contribution is 2.23. The zero-order valence-electron chi connectivity index (χ0n) is 13.2. The van der Waals surface area contributed by atoms with Gasteiger partial charge in [-0.3, -0.25) is 0 Å². The number of hydrogen-bond donors (Lipinski definition) is 2. The van der Waals surface area contributed by atoms with Gasteiger partial charge in [-0.25, -0.2) is 9.78 Å². The largest absolute Gasteiger partial charge is 0.462 e. The zero-order valence-corrected chi connectivity index (χ0v) is 13.2. The van der Waals surface area contributed by atoms with Gasteiger partial charge in [0.05, 0.1) is 18.5 Å². The Balaban J connectivity index is 2.81. The summed E-state index contributed by atoms with van der Waals surface area (Å²) in [7, 11) is 1.68. The molecule has 0 amide bonds. The van der Waals surface area contributed by atoms with E-state index in [0.717, 1.165) is 6.42 Å². The van der Waals surface area contributed by atoms with Crippen LogP contribution in [-0.2, 0) is 9.47 Å². The van der Waals surface area contributed by atoms with Crippen molar-refractivity contribution in [3.05, 3.63) is 17.8 Å². The van der Waals surface area contributed by atoms with Crippen LogP contribution in [-0.4, -0.2) is 37.8 Å². The Morgan fingerprint density at radius 1 is 1.48 bits per heavy atom. The number of nitrogens with zero attached hydrogens (tertiary/aromatic N) is 1. The lowest BCUT2D eigenvalue weighted by Crippen LogP contribution is -2.26. The van der Waals surface area contributed by atoms with Gasteiger partial charge >= 0.3 is 5.97 Å². The van der Waals surface area contributed by atoms with E-state index in [1.54, 1.807) is 20.1 Å². The number of esters is 1. The average Bonchev–Trinajstić information content (AvgIpc) is 2.44. The SMILES string of the molecule is CCOC(=O)c1cc(N)cnc1NCC(C)(C)CCOC. The number of rotatable bonds is 8. The molecule has 118 valence electrons. The number of methoxy groups -OCH3 is 1. The average molecular weight is 295 g/mol. The molecule has 0 spiro atoms. The molecule has 6 nitrogen and oxygen atoms in total. The Labute approximate surface area is 126 Å². The second kappa shape index (κ2) is 7.83. The molecule has 0 fully saturated rings. The number of nitrogens with two attached hydrogens (primary N) is 1. The van der Waals surface area contributed by atoms with Gasteiger partial charge in [0.15, 0.2) is 0 Å². The van der Waals surface area contributed by atoms with Gasteiger partial charge in [0.2, 0.25) is 0 Å². The van der Waals surface area contributed by atoms with E-state index in [1.165, 1.54) is 6.20 Å². The number of carbonyl (C=O) groups is 1. The van der Waals surface area contributed by atoms with Crippen LogP contribution in [0, 0.1) is 5.41 Å². The molecular weight excluding hydrogens is 270 g/mol. The lowest BCUT2D eigenvalue weighted by Gasteiger charge is -2.25. The molecule has 3 N–H and O–H groups in total. The standard InChI is InChI=1S/C15H25N3O3/c1-5-21-14(19)12-8-11(16)9-17-13(12)18-10-15(2,3)6-7-20-4/h8-9H,5-7,10,16H2,1-4H3,(H,17,18). The monoisotopic (exact) mass is 295 g/mol. The predicted octanol–water partition coefficient (Wildman–Crippen LogP) is 2.32. The van der Waals surface area contributed by atoms with Crippen molar-refractivity contribution in [3.8, 4) is 0 Å². The van der Waals surface area contributed by atoms with Gasteiger partial charge in [0.1, 0.15) is 11.4 Å². The summed E-state index contributed by atoms with van der Waals surface area (Å²) >= 11 is 0. The van der Waals surface area contributed by atoms with E-state index >= 15 is 0 Å². The first kappa shape index (κ1) is 17.2. The fourth-order valence-electron chi connectivity index (χ4n) is 1.78. The molecule has 0 aliphatic rings. The molecule has 0 saturated heterocycles. The molecule has 1 aromatic heterocycles. The van der Waals surface area contributed by atoms with Crippen molar-refractivity contribution in [1.29, 1.82) is 0 Å². The van der Waals surface area contributed by atoms with E-state index in [0.29, 0.717) is 36.8 Å². The van der Waals surface area contributed by atoms with Crippen LogP contribution in [0.3, 0.4) is 0 Å². The minimum absolute atomic E-state index is 0.0189. The predicted molar refractivity (Wildman–Crippen MR) is 83.4 cm³/mol. The number of carbonyl (C=O) groups excluding carboxylic acids is 1. The van der Waals surface area contributed by atoms with Gasteiger partial charge in [-0.05, 0) is 24.8 Å². The minimum atomic E-state index is -0.422. The molecule has 0 atom stereocenters. The molecule has 1 heterocycles. The summed E-state index contributed by atoms with van der Waals surface area (Å²) in [5.74, 6) is 0.0719. The number of anilines is 2. The molecular formula is C15H25N3O3. The Morgan fingerprint density at radius 3 is 2.81 bits per heavy atom. The second-order valence-electron chi connectivity index (χ2n) is 5.65. The van der Waals surface area contributed by atoms with Crippen LogP contribution in [0.25, 0.3) is 0 Å². The van der Waals surface area contributed by atoms with Crippen molar-refractivity contribution >= 4 is 17.5 Å². The van der Waals surface area contributed by atoms with E-state index in [2.05, 4.69) is 24.1 Å². The van der Waals surface area contributed by atoms with E-state index < -0.39 is 5.97 Å². The van der Waals surface area contributed by atoms with E-state index in [9.17, 15) is 4.79 Å².